The molecule has 0 saturated heterocycles. The molecule has 2 heteroatoms. The molecule has 0 saturated carbocycles. The summed E-state index contributed by atoms with van der Waals surface area (Å²) in [6.07, 6.45) is 32.2. The molecule has 0 radical (unpaired) electrons. The Bertz CT molecular complexity index is 733. The fraction of sp³-hybridized carbons (Fsp3) is 0.735. The zero-order chi connectivity index (χ0) is 25.5. The minimum atomic E-state index is 1.10. The second kappa shape index (κ2) is 21.5. The van der Waals surface area contributed by atoms with Crippen LogP contribution in [-0.2, 0) is 25.8 Å². The van der Waals surface area contributed by atoms with Gasteiger partial charge in [0.15, 0.2) is 0 Å². The van der Waals surface area contributed by atoms with E-state index in [0.717, 1.165) is 25.8 Å². The lowest BCUT2D eigenvalue weighted by atomic mass is 10.0. The van der Waals surface area contributed by atoms with E-state index in [0.29, 0.717) is 0 Å². The second-order valence-electron chi connectivity index (χ2n) is 11.1. The van der Waals surface area contributed by atoms with E-state index >= 15 is 0 Å². The molecule has 0 aliphatic rings. The van der Waals surface area contributed by atoms with Crippen LogP contribution < -0.4 is 0 Å². The minimum Gasteiger partial charge on any atom is -0.335 e. The van der Waals surface area contributed by atoms with Crippen molar-refractivity contribution < 1.29 is 0 Å². The maximum absolute atomic E-state index is 5.06. The summed E-state index contributed by atoms with van der Waals surface area (Å²) in [5, 5.41) is 0. The van der Waals surface area contributed by atoms with Gasteiger partial charge in [-0.05, 0) is 37.7 Å². The summed E-state index contributed by atoms with van der Waals surface area (Å²) in [4.78, 5) is 5.06. The Morgan fingerprint density at radius 2 is 1.06 bits per heavy atom. The van der Waals surface area contributed by atoms with Gasteiger partial charge in [0.2, 0.25) is 0 Å². The van der Waals surface area contributed by atoms with E-state index < -0.39 is 0 Å². The Morgan fingerprint density at radius 1 is 0.528 bits per heavy atom. The first-order valence-electron chi connectivity index (χ1n) is 15.9. The SMILES string of the molecule is CCCCCCCCCCCCCCCCCn1cc(CCCc2ccccc2)nc1CCCCC. The summed E-state index contributed by atoms with van der Waals surface area (Å²) >= 11 is 0. The molecule has 0 aliphatic carbocycles. The highest BCUT2D eigenvalue weighted by molar-refractivity contribution is 5.15. The molecule has 2 rings (SSSR count). The van der Waals surface area contributed by atoms with Crippen LogP contribution in [0.15, 0.2) is 36.5 Å². The summed E-state index contributed by atoms with van der Waals surface area (Å²) in [6, 6.07) is 10.9. The van der Waals surface area contributed by atoms with Crippen LogP contribution in [0.1, 0.15) is 153 Å². The van der Waals surface area contributed by atoms with E-state index in [9.17, 15) is 0 Å². The van der Waals surface area contributed by atoms with Crippen LogP contribution in [-0.4, -0.2) is 9.55 Å². The third-order valence-corrected chi connectivity index (χ3v) is 7.66. The first-order valence-corrected chi connectivity index (χ1v) is 15.9. The highest BCUT2D eigenvalue weighted by Gasteiger charge is 2.08. The van der Waals surface area contributed by atoms with Gasteiger partial charge in [0, 0.05) is 19.2 Å². The van der Waals surface area contributed by atoms with Crippen molar-refractivity contribution in [3.63, 3.8) is 0 Å². The van der Waals surface area contributed by atoms with Crippen molar-refractivity contribution in [2.75, 3.05) is 0 Å². The standard InChI is InChI=1S/C34H58N2/c1-3-5-7-8-9-10-11-12-13-14-15-16-17-18-23-30-36-31-33(35-34(36)29-20-6-4-2)28-24-27-32-25-21-19-22-26-32/h19,21-22,25-26,31H,3-18,20,23-24,27-30H2,1-2H3. The molecule has 0 fully saturated rings. The molecule has 2 nitrogen and oxygen atoms in total. The molecule has 1 heterocycles. The lowest BCUT2D eigenvalue weighted by molar-refractivity contribution is 0.517. The third-order valence-electron chi connectivity index (χ3n) is 7.66. The molecule has 0 unspecified atom stereocenters. The molecule has 2 aromatic rings. The van der Waals surface area contributed by atoms with Crippen molar-refractivity contribution in [2.24, 2.45) is 0 Å². The average Bonchev–Trinajstić information content (AvgIpc) is 3.28. The number of unbranched alkanes of at least 4 members (excludes halogenated alkanes) is 16. The molecule has 36 heavy (non-hydrogen) atoms. The van der Waals surface area contributed by atoms with E-state index in [2.05, 4.69) is 54.9 Å². The topological polar surface area (TPSA) is 17.8 Å². The van der Waals surface area contributed by atoms with E-state index in [1.165, 1.54) is 139 Å². The van der Waals surface area contributed by atoms with E-state index in [1.54, 1.807) is 0 Å². The Morgan fingerprint density at radius 3 is 1.64 bits per heavy atom. The van der Waals surface area contributed by atoms with E-state index in [4.69, 9.17) is 4.98 Å². The fourth-order valence-electron chi connectivity index (χ4n) is 5.33. The predicted molar refractivity (Wildman–Crippen MR) is 159 cm³/mol. The monoisotopic (exact) mass is 494 g/mol. The van der Waals surface area contributed by atoms with Crippen LogP contribution >= 0.6 is 0 Å². The first kappa shape index (κ1) is 30.7. The maximum atomic E-state index is 5.06. The Hall–Kier alpha value is -1.57. The number of rotatable bonds is 24. The summed E-state index contributed by atoms with van der Waals surface area (Å²) < 4.78 is 2.50. The molecule has 0 amide bonds. The van der Waals surface area contributed by atoms with Crippen LogP contribution in [0.2, 0.25) is 0 Å². The summed E-state index contributed by atoms with van der Waals surface area (Å²) in [5.41, 5.74) is 2.75. The molecule has 0 bridgehead atoms. The quantitative estimate of drug-likeness (QED) is 0.133. The summed E-state index contributed by atoms with van der Waals surface area (Å²) in [7, 11) is 0. The van der Waals surface area contributed by atoms with Gasteiger partial charge in [-0.3, -0.25) is 0 Å². The molecule has 1 aromatic carbocycles. The highest BCUT2D eigenvalue weighted by atomic mass is 15.1. The van der Waals surface area contributed by atoms with Crippen molar-refractivity contribution in [1.82, 2.24) is 9.55 Å². The van der Waals surface area contributed by atoms with Gasteiger partial charge in [-0.1, -0.05) is 147 Å². The van der Waals surface area contributed by atoms with Gasteiger partial charge in [-0.25, -0.2) is 4.98 Å². The molecule has 0 atom stereocenters. The van der Waals surface area contributed by atoms with Crippen LogP contribution in [0, 0.1) is 0 Å². The van der Waals surface area contributed by atoms with Crippen LogP contribution in [0.5, 0.6) is 0 Å². The number of imidazole rings is 1. The van der Waals surface area contributed by atoms with Crippen molar-refractivity contribution in [1.29, 1.82) is 0 Å². The zero-order valence-electron chi connectivity index (χ0n) is 24.1. The Balaban J connectivity index is 1.55. The number of nitrogens with zero attached hydrogens (tertiary/aromatic N) is 2. The predicted octanol–water partition coefficient (Wildman–Crippen LogP) is 10.7. The smallest absolute Gasteiger partial charge is 0.108 e. The van der Waals surface area contributed by atoms with Gasteiger partial charge in [0.1, 0.15) is 5.82 Å². The van der Waals surface area contributed by atoms with Crippen molar-refractivity contribution in [3.05, 3.63) is 53.6 Å². The molecule has 0 N–H and O–H groups in total. The molecule has 0 spiro atoms. The first-order chi connectivity index (χ1) is 17.8. The van der Waals surface area contributed by atoms with Gasteiger partial charge < -0.3 is 4.57 Å². The van der Waals surface area contributed by atoms with Crippen molar-refractivity contribution >= 4 is 0 Å². The van der Waals surface area contributed by atoms with Gasteiger partial charge in [0.25, 0.3) is 0 Å². The van der Waals surface area contributed by atoms with Gasteiger partial charge in [-0.2, -0.15) is 0 Å². The Labute approximate surface area is 224 Å². The van der Waals surface area contributed by atoms with Crippen LogP contribution in [0.3, 0.4) is 0 Å². The fourth-order valence-corrected chi connectivity index (χ4v) is 5.33. The van der Waals surface area contributed by atoms with E-state index in [1.807, 2.05) is 0 Å². The molecule has 204 valence electrons. The summed E-state index contributed by atoms with van der Waals surface area (Å²) in [5.74, 6) is 1.34. The molecule has 0 aliphatic heterocycles. The molecular weight excluding hydrogens is 436 g/mol. The van der Waals surface area contributed by atoms with Gasteiger partial charge >= 0.3 is 0 Å². The van der Waals surface area contributed by atoms with Gasteiger partial charge in [0.05, 0.1) is 5.69 Å². The highest BCUT2D eigenvalue weighted by Crippen LogP contribution is 2.16. The van der Waals surface area contributed by atoms with Crippen LogP contribution in [0.25, 0.3) is 0 Å². The number of aryl methyl sites for hydroxylation is 4. The second-order valence-corrected chi connectivity index (χ2v) is 11.1. The minimum absolute atomic E-state index is 1.10. The number of hydrogen-bond donors (Lipinski definition) is 0. The summed E-state index contributed by atoms with van der Waals surface area (Å²) in [6.45, 7) is 5.75. The molecular formula is C34H58N2. The third kappa shape index (κ3) is 14.9. The largest absolute Gasteiger partial charge is 0.335 e. The van der Waals surface area contributed by atoms with Crippen LogP contribution in [0.4, 0.5) is 0 Å². The van der Waals surface area contributed by atoms with Gasteiger partial charge in [-0.15, -0.1) is 0 Å². The van der Waals surface area contributed by atoms with E-state index in [-0.39, 0.29) is 0 Å². The normalized spacial score (nSPS) is 11.4. The molecule has 1 aromatic heterocycles. The Kier molecular flexibility index (Phi) is 18.3. The zero-order valence-corrected chi connectivity index (χ0v) is 24.1. The maximum Gasteiger partial charge on any atom is 0.108 e. The van der Waals surface area contributed by atoms with Crippen molar-refractivity contribution in [3.8, 4) is 0 Å². The lowest BCUT2D eigenvalue weighted by Crippen LogP contribution is -2.03. The number of aromatic nitrogens is 2. The number of hydrogen-bond acceptors (Lipinski definition) is 1. The van der Waals surface area contributed by atoms with Crippen molar-refractivity contribution in [2.45, 2.75) is 162 Å². The number of benzene rings is 1. The lowest BCUT2D eigenvalue weighted by Gasteiger charge is -2.08. The average molecular weight is 495 g/mol.